The fourth-order valence-corrected chi connectivity index (χ4v) is 3.20. The van der Waals surface area contributed by atoms with Gasteiger partial charge in [-0.15, -0.1) is 4.89 Å². The summed E-state index contributed by atoms with van der Waals surface area (Å²) < 4.78 is 19.2. The predicted octanol–water partition coefficient (Wildman–Crippen LogP) is 1.88. The van der Waals surface area contributed by atoms with Gasteiger partial charge in [0.25, 0.3) is 5.79 Å². The molecule has 0 aromatic carbocycles. The van der Waals surface area contributed by atoms with Gasteiger partial charge in [0.15, 0.2) is 0 Å². The van der Waals surface area contributed by atoms with Crippen molar-refractivity contribution in [1.82, 2.24) is 10.3 Å². The van der Waals surface area contributed by atoms with E-state index in [0.29, 0.717) is 6.42 Å². The number of nitrogens with one attached hydrogen (secondary N) is 1. The molecular weight excluding hydrogens is 331 g/mol. The van der Waals surface area contributed by atoms with Gasteiger partial charge in [0.05, 0.1) is 12.2 Å². The first-order valence-corrected chi connectivity index (χ1v) is 8.21. The number of carbonyl (C=O) groups is 2. The molecule has 0 unspecified atom stereocenters. The van der Waals surface area contributed by atoms with Crippen LogP contribution in [0.25, 0.3) is 0 Å². The minimum atomic E-state index is -1.81. The molecule has 1 saturated heterocycles. The lowest BCUT2D eigenvalue weighted by Crippen LogP contribution is -2.52. The highest BCUT2D eigenvalue weighted by Crippen LogP contribution is 2.38. The molecule has 2 aliphatic heterocycles. The number of aromatic nitrogens is 1. The lowest BCUT2D eigenvalue weighted by Gasteiger charge is -2.36. The first-order chi connectivity index (χ1) is 12.0. The van der Waals surface area contributed by atoms with E-state index in [1.165, 1.54) is 6.20 Å². The number of pyridine rings is 1. The fourth-order valence-electron chi connectivity index (χ4n) is 3.20. The molecule has 1 N–H and O–H groups in total. The monoisotopic (exact) mass is 350 g/mol. The van der Waals surface area contributed by atoms with E-state index < -0.39 is 29.6 Å². The van der Waals surface area contributed by atoms with Crippen LogP contribution in [0.2, 0.25) is 0 Å². The largest absolute Gasteiger partial charge is 0.420 e. The molecule has 0 saturated carbocycles. The van der Waals surface area contributed by atoms with Gasteiger partial charge in [-0.3, -0.25) is 9.87 Å². The van der Waals surface area contributed by atoms with Crippen LogP contribution in [-0.2, 0) is 29.9 Å². The number of hydrogen-bond acceptors (Lipinski definition) is 7. The summed E-state index contributed by atoms with van der Waals surface area (Å²) in [6.07, 6.45) is 7.53. The normalized spacial score (nSPS) is 31.0. The number of halogens is 1. The Bertz CT molecular complexity index is 695. The molecule has 3 atom stereocenters. The van der Waals surface area contributed by atoms with Gasteiger partial charge in [0.2, 0.25) is 0 Å². The standard InChI is InChI=1S/C17H19FN2O5/c1-2-3-13-4-5-14(20-13)17(11-8-12(18)10-19-9-11)23-15(21)6-7-16(22)24-25-17/h6-10,13-14,20H,2-5H2,1H3/b7-6-/t13-,14-,17+/m1/s1. The SMILES string of the molecule is CCC[C@@H]1CC[C@H]([C@]2(c3cncc(F)c3)OOC(=O)/C=C\C(=O)O2)N1. The van der Waals surface area contributed by atoms with Crippen LogP contribution in [0.4, 0.5) is 4.39 Å². The molecule has 1 aromatic heterocycles. The van der Waals surface area contributed by atoms with Crippen molar-refractivity contribution in [2.45, 2.75) is 50.5 Å². The second kappa shape index (κ2) is 7.28. The van der Waals surface area contributed by atoms with Crippen LogP contribution in [0, 0.1) is 5.82 Å². The molecule has 134 valence electrons. The number of hydrogen-bond donors (Lipinski definition) is 1. The number of cyclic esters (lactones) is 1. The Balaban J connectivity index is 2.00. The summed E-state index contributed by atoms with van der Waals surface area (Å²) in [6.45, 7) is 2.07. The fraction of sp³-hybridized carbons (Fsp3) is 0.471. The summed E-state index contributed by atoms with van der Waals surface area (Å²) in [7, 11) is 0. The number of esters is 1. The van der Waals surface area contributed by atoms with Crippen LogP contribution < -0.4 is 5.32 Å². The molecule has 8 heteroatoms. The Morgan fingerprint density at radius 1 is 1.28 bits per heavy atom. The number of ether oxygens (including phenoxy) is 1. The van der Waals surface area contributed by atoms with Crippen molar-refractivity contribution in [2.75, 3.05) is 0 Å². The zero-order valence-electron chi connectivity index (χ0n) is 13.7. The molecule has 0 spiro atoms. The molecular formula is C17H19FN2O5. The second-order valence-electron chi connectivity index (χ2n) is 6.08. The Morgan fingerprint density at radius 2 is 2.08 bits per heavy atom. The van der Waals surface area contributed by atoms with Gasteiger partial charge >= 0.3 is 11.9 Å². The Hall–Kier alpha value is -2.32. The third-order valence-electron chi connectivity index (χ3n) is 4.30. The second-order valence-corrected chi connectivity index (χ2v) is 6.08. The molecule has 7 nitrogen and oxygen atoms in total. The zero-order chi connectivity index (χ0) is 17.9. The Labute approximate surface area is 144 Å². The van der Waals surface area contributed by atoms with E-state index >= 15 is 0 Å². The number of nitrogens with zero attached hydrogens (tertiary/aromatic N) is 1. The predicted molar refractivity (Wildman–Crippen MR) is 83.1 cm³/mol. The third kappa shape index (κ3) is 3.69. The van der Waals surface area contributed by atoms with Crippen LogP contribution in [0.5, 0.6) is 0 Å². The topological polar surface area (TPSA) is 86.8 Å². The van der Waals surface area contributed by atoms with E-state index in [4.69, 9.17) is 14.5 Å². The summed E-state index contributed by atoms with van der Waals surface area (Å²) in [5, 5.41) is 3.34. The van der Waals surface area contributed by atoms with Crippen molar-refractivity contribution in [2.24, 2.45) is 0 Å². The van der Waals surface area contributed by atoms with Crippen molar-refractivity contribution < 1.29 is 28.5 Å². The molecule has 0 radical (unpaired) electrons. The van der Waals surface area contributed by atoms with Gasteiger partial charge in [0, 0.05) is 30.0 Å². The van der Waals surface area contributed by atoms with Gasteiger partial charge < -0.3 is 10.1 Å². The van der Waals surface area contributed by atoms with Gasteiger partial charge in [-0.1, -0.05) is 13.3 Å². The lowest BCUT2D eigenvalue weighted by molar-refractivity contribution is -0.407. The maximum atomic E-state index is 13.7. The van der Waals surface area contributed by atoms with Crippen molar-refractivity contribution >= 4 is 11.9 Å². The maximum Gasteiger partial charge on any atom is 0.366 e. The molecule has 0 bridgehead atoms. The summed E-state index contributed by atoms with van der Waals surface area (Å²) in [4.78, 5) is 37.5. The van der Waals surface area contributed by atoms with Gasteiger partial charge in [-0.05, 0) is 25.3 Å². The molecule has 1 fully saturated rings. The first-order valence-electron chi connectivity index (χ1n) is 8.21. The molecule has 25 heavy (non-hydrogen) atoms. The molecule has 0 amide bonds. The van der Waals surface area contributed by atoms with E-state index in [1.54, 1.807) is 0 Å². The minimum absolute atomic E-state index is 0.151. The summed E-state index contributed by atoms with van der Waals surface area (Å²) in [5.74, 6) is -4.08. The highest BCUT2D eigenvalue weighted by Gasteiger charge is 2.51. The smallest absolute Gasteiger partial charge is 0.366 e. The third-order valence-corrected chi connectivity index (χ3v) is 4.30. The van der Waals surface area contributed by atoms with E-state index in [2.05, 4.69) is 17.2 Å². The van der Waals surface area contributed by atoms with Crippen LogP contribution in [0.3, 0.4) is 0 Å². The van der Waals surface area contributed by atoms with Crippen molar-refractivity contribution in [3.63, 3.8) is 0 Å². The first kappa shape index (κ1) is 17.5. The lowest BCUT2D eigenvalue weighted by atomic mass is 9.97. The highest BCUT2D eigenvalue weighted by molar-refractivity contribution is 5.92. The van der Waals surface area contributed by atoms with E-state index in [9.17, 15) is 14.0 Å². The van der Waals surface area contributed by atoms with Crippen molar-refractivity contribution in [1.29, 1.82) is 0 Å². The van der Waals surface area contributed by atoms with E-state index in [0.717, 1.165) is 43.7 Å². The van der Waals surface area contributed by atoms with Gasteiger partial charge in [-0.2, -0.15) is 0 Å². The van der Waals surface area contributed by atoms with Gasteiger partial charge in [0.1, 0.15) is 5.82 Å². The van der Waals surface area contributed by atoms with Crippen molar-refractivity contribution in [3.05, 3.63) is 42.0 Å². The summed E-state index contributed by atoms with van der Waals surface area (Å²) >= 11 is 0. The van der Waals surface area contributed by atoms with E-state index in [1.807, 2.05) is 0 Å². The number of carbonyl (C=O) groups excluding carboxylic acids is 2. The summed E-state index contributed by atoms with van der Waals surface area (Å²) in [5.41, 5.74) is 0.151. The molecule has 2 aliphatic rings. The quantitative estimate of drug-likeness (QED) is 0.655. The van der Waals surface area contributed by atoms with Crippen LogP contribution in [-0.4, -0.2) is 29.0 Å². The van der Waals surface area contributed by atoms with Crippen LogP contribution in [0.15, 0.2) is 30.6 Å². The molecule has 3 heterocycles. The number of rotatable bonds is 4. The zero-order valence-corrected chi connectivity index (χ0v) is 13.7. The van der Waals surface area contributed by atoms with E-state index in [-0.39, 0.29) is 11.6 Å². The minimum Gasteiger partial charge on any atom is -0.420 e. The highest BCUT2D eigenvalue weighted by atomic mass is 19.1. The molecule has 1 aromatic rings. The average molecular weight is 350 g/mol. The Morgan fingerprint density at radius 3 is 2.84 bits per heavy atom. The average Bonchev–Trinajstić information content (AvgIpc) is 3.05. The summed E-state index contributed by atoms with van der Waals surface area (Å²) in [6, 6.07) is 0.831. The van der Waals surface area contributed by atoms with Gasteiger partial charge in [-0.25, -0.2) is 14.0 Å². The maximum absolute atomic E-state index is 13.7. The Kier molecular flexibility index (Phi) is 5.10. The van der Waals surface area contributed by atoms with Crippen molar-refractivity contribution in [3.8, 4) is 0 Å². The van der Waals surface area contributed by atoms with Crippen LogP contribution in [0.1, 0.15) is 38.2 Å². The molecule has 0 aliphatic carbocycles. The molecule has 3 rings (SSSR count). The van der Waals surface area contributed by atoms with Crippen LogP contribution >= 0.6 is 0 Å².